The minimum Gasteiger partial charge on any atom is -0.397 e. The summed E-state index contributed by atoms with van der Waals surface area (Å²) in [5.74, 6) is 0. The first-order valence-electron chi connectivity index (χ1n) is 4.94. The molecule has 1 aromatic heterocycles. The Labute approximate surface area is 99.3 Å². The van der Waals surface area contributed by atoms with Gasteiger partial charge in [-0.25, -0.2) is 0 Å². The molecule has 0 aliphatic carbocycles. The number of aromatic nitrogens is 1. The maximum absolute atomic E-state index is 6.04. The van der Waals surface area contributed by atoms with Crippen molar-refractivity contribution < 1.29 is 0 Å². The second kappa shape index (κ2) is 4.86. The normalized spacial score (nSPS) is 10.1. The highest BCUT2D eigenvalue weighted by molar-refractivity contribution is 6.33. The van der Waals surface area contributed by atoms with Crippen LogP contribution in [0.2, 0.25) is 5.02 Å². The molecule has 3 nitrogen and oxygen atoms in total. The summed E-state index contributed by atoms with van der Waals surface area (Å²) in [5, 5.41) is 3.85. The summed E-state index contributed by atoms with van der Waals surface area (Å²) in [5.41, 5.74) is 8.39. The van der Waals surface area contributed by atoms with E-state index >= 15 is 0 Å². The molecule has 0 saturated heterocycles. The van der Waals surface area contributed by atoms with Gasteiger partial charge in [0.15, 0.2) is 0 Å². The first-order chi connectivity index (χ1) is 7.77. The van der Waals surface area contributed by atoms with Crippen LogP contribution >= 0.6 is 11.6 Å². The third-order valence-corrected chi connectivity index (χ3v) is 2.58. The van der Waals surface area contributed by atoms with Gasteiger partial charge in [0.1, 0.15) is 0 Å². The number of hydrogen-bond donors (Lipinski definition) is 2. The SMILES string of the molecule is Nc1cccc(Cl)c1NCc1ccncc1. The predicted molar refractivity (Wildman–Crippen MR) is 67.4 cm³/mol. The van der Waals surface area contributed by atoms with Crippen molar-refractivity contribution >= 4 is 23.0 Å². The third kappa shape index (κ3) is 2.44. The summed E-state index contributed by atoms with van der Waals surface area (Å²) in [6.07, 6.45) is 3.51. The van der Waals surface area contributed by atoms with E-state index in [2.05, 4.69) is 10.3 Å². The van der Waals surface area contributed by atoms with E-state index in [-0.39, 0.29) is 0 Å². The van der Waals surface area contributed by atoms with Crippen LogP contribution in [0.25, 0.3) is 0 Å². The van der Waals surface area contributed by atoms with Gasteiger partial charge >= 0.3 is 0 Å². The Bertz CT molecular complexity index is 451. The monoisotopic (exact) mass is 233 g/mol. The van der Waals surface area contributed by atoms with E-state index in [0.717, 1.165) is 11.3 Å². The number of nitrogens with one attached hydrogen (secondary N) is 1. The van der Waals surface area contributed by atoms with Crippen LogP contribution in [0, 0.1) is 0 Å². The number of para-hydroxylation sites is 1. The van der Waals surface area contributed by atoms with Crippen molar-refractivity contribution in [1.82, 2.24) is 4.98 Å². The molecule has 2 rings (SSSR count). The van der Waals surface area contributed by atoms with Crippen molar-refractivity contribution in [2.75, 3.05) is 11.1 Å². The lowest BCUT2D eigenvalue weighted by Crippen LogP contribution is -2.02. The number of rotatable bonds is 3. The molecule has 82 valence electrons. The summed E-state index contributed by atoms with van der Waals surface area (Å²) in [4.78, 5) is 3.96. The lowest BCUT2D eigenvalue weighted by molar-refractivity contribution is 1.13. The molecule has 0 spiro atoms. The van der Waals surface area contributed by atoms with Gasteiger partial charge in [-0.1, -0.05) is 17.7 Å². The van der Waals surface area contributed by atoms with Gasteiger partial charge in [0, 0.05) is 18.9 Å². The van der Waals surface area contributed by atoms with E-state index in [1.807, 2.05) is 30.3 Å². The van der Waals surface area contributed by atoms with E-state index in [4.69, 9.17) is 17.3 Å². The summed E-state index contributed by atoms with van der Waals surface area (Å²) >= 11 is 6.04. The van der Waals surface area contributed by atoms with E-state index in [0.29, 0.717) is 17.3 Å². The van der Waals surface area contributed by atoms with Crippen LogP contribution < -0.4 is 11.1 Å². The molecule has 0 radical (unpaired) electrons. The maximum atomic E-state index is 6.04. The molecule has 0 unspecified atom stereocenters. The van der Waals surface area contributed by atoms with E-state index in [9.17, 15) is 0 Å². The fourth-order valence-electron chi connectivity index (χ4n) is 1.42. The highest BCUT2D eigenvalue weighted by Gasteiger charge is 2.03. The van der Waals surface area contributed by atoms with Gasteiger partial charge in [0.05, 0.1) is 16.4 Å². The van der Waals surface area contributed by atoms with Crippen molar-refractivity contribution in [3.63, 3.8) is 0 Å². The minimum atomic E-state index is 0.633. The average Bonchev–Trinajstić information content (AvgIpc) is 2.30. The quantitative estimate of drug-likeness (QED) is 0.802. The number of nitrogens with zero attached hydrogens (tertiary/aromatic N) is 1. The minimum absolute atomic E-state index is 0.633. The molecular formula is C12H12ClN3. The first-order valence-corrected chi connectivity index (χ1v) is 5.32. The van der Waals surface area contributed by atoms with Gasteiger partial charge < -0.3 is 11.1 Å². The maximum Gasteiger partial charge on any atom is 0.0765 e. The highest BCUT2D eigenvalue weighted by atomic mass is 35.5. The lowest BCUT2D eigenvalue weighted by atomic mass is 10.2. The van der Waals surface area contributed by atoms with Crippen LogP contribution in [-0.4, -0.2) is 4.98 Å². The van der Waals surface area contributed by atoms with E-state index < -0.39 is 0 Å². The van der Waals surface area contributed by atoms with Crippen LogP contribution in [0.3, 0.4) is 0 Å². The van der Waals surface area contributed by atoms with Crippen molar-refractivity contribution in [3.8, 4) is 0 Å². The number of nitrogen functional groups attached to an aromatic ring is 1. The molecule has 4 heteroatoms. The van der Waals surface area contributed by atoms with Crippen molar-refractivity contribution in [2.24, 2.45) is 0 Å². The first kappa shape index (κ1) is 10.8. The van der Waals surface area contributed by atoms with Crippen LogP contribution in [-0.2, 0) is 6.54 Å². The molecule has 16 heavy (non-hydrogen) atoms. The summed E-state index contributed by atoms with van der Waals surface area (Å²) < 4.78 is 0. The predicted octanol–water partition coefficient (Wildman–Crippen LogP) is 2.93. The Morgan fingerprint density at radius 3 is 2.62 bits per heavy atom. The number of hydrogen-bond acceptors (Lipinski definition) is 3. The van der Waals surface area contributed by atoms with Crippen LogP contribution in [0.4, 0.5) is 11.4 Å². The van der Waals surface area contributed by atoms with Gasteiger partial charge in [0.25, 0.3) is 0 Å². The van der Waals surface area contributed by atoms with Crippen LogP contribution in [0.5, 0.6) is 0 Å². The fourth-order valence-corrected chi connectivity index (χ4v) is 1.67. The summed E-state index contributed by atoms with van der Waals surface area (Å²) in [6.45, 7) is 0.677. The molecule has 0 bridgehead atoms. The van der Waals surface area contributed by atoms with Crippen LogP contribution in [0.15, 0.2) is 42.7 Å². The molecule has 0 fully saturated rings. The van der Waals surface area contributed by atoms with Gasteiger partial charge in [-0.2, -0.15) is 0 Å². The zero-order valence-electron chi connectivity index (χ0n) is 8.65. The summed E-state index contributed by atoms with van der Waals surface area (Å²) in [7, 11) is 0. The molecule has 0 saturated carbocycles. The van der Waals surface area contributed by atoms with Gasteiger partial charge in [-0.3, -0.25) is 4.98 Å². The number of anilines is 2. The molecule has 0 amide bonds. The molecule has 1 aromatic carbocycles. The topological polar surface area (TPSA) is 50.9 Å². The molecular weight excluding hydrogens is 222 g/mol. The molecule has 0 aliphatic rings. The van der Waals surface area contributed by atoms with Crippen molar-refractivity contribution in [3.05, 3.63) is 53.3 Å². The van der Waals surface area contributed by atoms with Gasteiger partial charge in [-0.05, 0) is 29.8 Å². The number of pyridine rings is 1. The fraction of sp³-hybridized carbons (Fsp3) is 0.0833. The van der Waals surface area contributed by atoms with Crippen molar-refractivity contribution in [1.29, 1.82) is 0 Å². The van der Waals surface area contributed by atoms with Crippen LogP contribution in [0.1, 0.15) is 5.56 Å². The Morgan fingerprint density at radius 2 is 1.94 bits per heavy atom. The number of benzene rings is 1. The van der Waals surface area contributed by atoms with Gasteiger partial charge in [-0.15, -0.1) is 0 Å². The van der Waals surface area contributed by atoms with E-state index in [1.165, 1.54) is 0 Å². The number of nitrogens with two attached hydrogens (primary N) is 1. The lowest BCUT2D eigenvalue weighted by Gasteiger charge is -2.10. The average molecular weight is 234 g/mol. The molecule has 3 N–H and O–H groups in total. The highest BCUT2D eigenvalue weighted by Crippen LogP contribution is 2.28. The van der Waals surface area contributed by atoms with Gasteiger partial charge in [0.2, 0.25) is 0 Å². The molecule has 0 aliphatic heterocycles. The standard InChI is InChI=1S/C12H12ClN3/c13-10-2-1-3-11(14)12(10)16-8-9-4-6-15-7-5-9/h1-7,16H,8,14H2. The summed E-state index contributed by atoms with van der Waals surface area (Å²) in [6, 6.07) is 9.35. The second-order valence-corrected chi connectivity index (χ2v) is 3.82. The Balaban J connectivity index is 2.11. The second-order valence-electron chi connectivity index (χ2n) is 3.41. The smallest absolute Gasteiger partial charge is 0.0765 e. The molecule has 1 heterocycles. The Morgan fingerprint density at radius 1 is 1.19 bits per heavy atom. The third-order valence-electron chi connectivity index (χ3n) is 2.26. The Kier molecular flexibility index (Phi) is 3.27. The Hall–Kier alpha value is -1.74. The van der Waals surface area contributed by atoms with Crippen molar-refractivity contribution in [2.45, 2.75) is 6.54 Å². The molecule has 0 atom stereocenters. The number of halogens is 1. The largest absolute Gasteiger partial charge is 0.397 e. The zero-order valence-corrected chi connectivity index (χ0v) is 9.41. The van der Waals surface area contributed by atoms with E-state index in [1.54, 1.807) is 12.4 Å². The molecule has 2 aromatic rings. The zero-order chi connectivity index (χ0) is 11.4.